The molecule has 3 rings (SSSR count). The van der Waals surface area contributed by atoms with E-state index in [4.69, 9.17) is 65.7 Å². The van der Waals surface area contributed by atoms with Crippen molar-refractivity contribution in [3.63, 3.8) is 0 Å². The second-order valence-electron chi connectivity index (χ2n) is 8.32. The summed E-state index contributed by atoms with van der Waals surface area (Å²) in [5.41, 5.74) is 0.238. The van der Waals surface area contributed by atoms with Crippen molar-refractivity contribution in [2.75, 3.05) is 6.61 Å². The number of carboxylic acid groups (broad SMARTS) is 1. The maximum Gasteiger partial charge on any atom is 0.341 e. The van der Waals surface area contributed by atoms with Crippen molar-refractivity contribution in [2.45, 2.75) is 52.1 Å². The Hall–Kier alpha value is -2.45. The van der Waals surface area contributed by atoms with Gasteiger partial charge in [0, 0.05) is 18.1 Å². The molecule has 1 N–H and O–H groups in total. The van der Waals surface area contributed by atoms with Gasteiger partial charge in [0.25, 0.3) is 0 Å². The van der Waals surface area contributed by atoms with Crippen LogP contribution in [0.15, 0.2) is 29.8 Å². The summed E-state index contributed by atoms with van der Waals surface area (Å²) in [6, 6.07) is 5.98. The number of ether oxygens (including phenoxy) is 3. The Kier molecular flexibility index (Phi) is 9.40. The van der Waals surface area contributed by atoms with Gasteiger partial charge in [0.05, 0.1) is 10.0 Å². The van der Waals surface area contributed by atoms with E-state index in [1.54, 1.807) is 6.07 Å². The molecule has 7 nitrogen and oxygen atoms in total. The summed E-state index contributed by atoms with van der Waals surface area (Å²) in [5, 5.41) is 8.89. The van der Waals surface area contributed by atoms with E-state index < -0.39 is 29.9 Å². The third kappa shape index (κ3) is 6.01. The van der Waals surface area contributed by atoms with Crippen LogP contribution in [0.1, 0.15) is 62.4 Å². The van der Waals surface area contributed by atoms with Gasteiger partial charge in [0.2, 0.25) is 5.78 Å². The number of carboxylic acids is 1. The normalized spacial score (nSPS) is 17.3. The molecule has 0 saturated carbocycles. The summed E-state index contributed by atoms with van der Waals surface area (Å²) >= 11 is 25.7. The monoisotopic (exact) mass is 588 g/mol. The fourth-order valence-electron chi connectivity index (χ4n) is 4.08. The summed E-state index contributed by atoms with van der Waals surface area (Å²) in [6.45, 7) is 4.43. The van der Waals surface area contributed by atoms with E-state index in [1.165, 1.54) is 25.1 Å². The lowest BCUT2D eigenvalue weighted by molar-refractivity contribution is -0.139. The number of carbonyl (C=O) groups excluding carboxylic acids is 2. The Morgan fingerprint density at radius 1 is 0.973 bits per heavy atom. The summed E-state index contributed by atoms with van der Waals surface area (Å²) < 4.78 is 16.7. The number of Topliss-reactive ketones (excluding diaryl/α,β-unsaturated/α-hetero) is 1. The van der Waals surface area contributed by atoms with Crippen LogP contribution in [0.4, 0.5) is 0 Å². The molecule has 2 aromatic rings. The molecule has 1 heterocycles. The van der Waals surface area contributed by atoms with Crippen molar-refractivity contribution < 1.29 is 33.7 Å². The molecule has 0 amide bonds. The first kappa shape index (κ1) is 29.1. The van der Waals surface area contributed by atoms with Crippen LogP contribution in [0, 0.1) is 0 Å². The first-order chi connectivity index (χ1) is 17.5. The van der Waals surface area contributed by atoms with Gasteiger partial charge in [-0.05, 0) is 55.5 Å². The van der Waals surface area contributed by atoms with E-state index in [1.807, 2.05) is 13.8 Å². The molecule has 2 aromatic carbocycles. The fourth-order valence-corrected chi connectivity index (χ4v) is 4.99. The molecule has 1 aliphatic rings. The number of ketones is 1. The minimum absolute atomic E-state index is 0.0453. The second-order valence-corrected chi connectivity index (χ2v) is 9.83. The molecule has 0 saturated heterocycles. The van der Waals surface area contributed by atoms with Crippen LogP contribution in [0.25, 0.3) is 5.76 Å². The first-order valence-corrected chi connectivity index (χ1v) is 12.9. The lowest BCUT2D eigenvalue weighted by Crippen LogP contribution is -2.43. The molecule has 11 heteroatoms. The van der Waals surface area contributed by atoms with Crippen molar-refractivity contribution in [3.05, 3.63) is 61.1 Å². The van der Waals surface area contributed by atoms with E-state index >= 15 is 0 Å². The van der Waals surface area contributed by atoms with Crippen molar-refractivity contribution in [1.82, 2.24) is 0 Å². The molecule has 37 heavy (non-hydrogen) atoms. The molecule has 1 aliphatic heterocycles. The number of allylic oxidation sites excluding steroid dienone is 1. The van der Waals surface area contributed by atoms with Crippen LogP contribution in [0.3, 0.4) is 0 Å². The minimum atomic E-state index is -1.28. The number of benzene rings is 2. The molecule has 0 fully saturated rings. The van der Waals surface area contributed by atoms with Gasteiger partial charge >= 0.3 is 11.9 Å². The van der Waals surface area contributed by atoms with Gasteiger partial charge in [-0.15, -0.1) is 0 Å². The Bertz CT molecular complexity index is 1290. The zero-order valence-corrected chi connectivity index (χ0v) is 23.3. The van der Waals surface area contributed by atoms with Crippen molar-refractivity contribution >= 4 is 69.9 Å². The van der Waals surface area contributed by atoms with E-state index in [9.17, 15) is 14.4 Å². The average Bonchev–Trinajstić information content (AvgIpc) is 2.86. The van der Waals surface area contributed by atoms with E-state index in [0.29, 0.717) is 37.0 Å². The fraction of sp³-hybridized carbons (Fsp3) is 0.346. The maximum absolute atomic E-state index is 13.9. The van der Waals surface area contributed by atoms with Crippen molar-refractivity contribution in [1.29, 1.82) is 0 Å². The standard InChI is InChI=1S/C26H24Cl4O7/c1-4-14-10-11-26(5-2,25(34)16-7-8-17(22(29)21(16)28)35-12-19(32)33)37-24(14)15-6-9-18(36-13(3)31)23(30)20(15)27/h6-9H,4-5,10-12H2,1-3H3,(H,32,33). The maximum atomic E-state index is 13.9. The molecule has 0 bridgehead atoms. The topological polar surface area (TPSA) is 99.1 Å². The van der Waals surface area contributed by atoms with Gasteiger partial charge in [0.15, 0.2) is 18.0 Å². The van der Waals surface area contributed by atoms with Crippen LogP contribution in [-0.2, 0) is 14.3 Å². The molecule has 0 radical (unpaired) electrons. The number of hydrogen-bond acceptors (Lipinski definition) is 6. The van der Waals surface area contributed by atoms with E-state index in [-0.39, 0.29) is 37.2 Å². The van der Waals surface area contributed by atoms with Crippen LogP contribution >= 0.6 is 46.4 Å². The highest BCUT2D eigenvalue weighted by molar-refractivity contribution is 6.45. The molecule has 198 valence electrons. The molecule has 1 atom stereocenters. The zero-order valence-electron chi connectivity index (χ0n) is 20.3. The minimum Gasteiger partial charge on any atom is -0.480 e. The Morgan fingerprint density at radius 3 is 2.22 bits per heavy atom. The Morgan fingerprint density at radius 2 is 1.62 bits per heavy atom. The summed E-state index contributed by atoms with van der Waals surface area (Å²) in [5.74, 6) is -1.53. The Balaban J connectivity index is 2.03. The third-order valence-corrected chi connectivity index (χ3v) is 7.78. The SMILES string of the molecule is CCC1=C(c2ccc(OC(C)=O)c(Cl)c2Cl)OC(CC)(C(=O)c2ccc(OCC(=O)O)c(Cl)c2Cl)CC1. The smallest absolute Gasteiger partial charge is 0.341 e. The molecule has 0 aromatic heterocycles. The second kappa shape index (κ2) is 11.9. The lowest BCUT2D eigenvalue weighted by atomic mass is 9.81. The van der Waals surface area contributed by atoms with E-state index in [0.717, 1.165) is 5.57 Å². The van der Waals surface area contributed by atoms with Crippen molar-refractivity contribution in [2.24, 2.45) is 0 Å². The number of carbonyl (C=O) groups is 3. The van der Waals surface area contributed by atoms with Crippen LogP contribution in [0.5, 0.6) is 11.5 Å². The van der Waals surface area contributed by atoms with Gasteiger partial charge in [0.1, 0.15) is 21.6 Å². The Labute approximate surface area is 234 Å². The quantitative estimate of drug-likeness (QED) is 0.182. The molecule has 1 unspecified atom stereocenters. The summed E-state index contributed by atoms with van der Waals surface area (Å²) in [6.07, 6.45) is 1.90. The molecule has 0 spiro atoms. The average molecular weight is 590 g/mol. The van der Waals surface area contributed by atoms with Gasteiger partial charge < -0.3 is 19.3 Å². The molecule has 0 aliphatic carbocycles. The lowest BCUT2D eigenvalue weighted by Gasteiger charge is -2.39. The summed E-state index contributed by atoms with van der Waals surface area (Å²) in [7, 11) is 0. The number of rotatable bonds is 9. The van der Waals surface area contributed by atoms with Gasteiger partial charge in [-0.3, -0.25) is 9.59 Å². The van der Waals surface area contributed by atoms with Gasteiger partial charge in [-0.1, -0.05) is 60.3 Å². The van der Waals surface area contributed by atoms with Crippen LogP contribution < -0.4 is 9.47 Å². The molecular weight excluding hydrogens is 566 g/mol. The summed E-state index contributed by atoms with van der Waals surface area (Å²) in [4.78, 5) is 36.1. The molecular formula is C26H24Cl4O7. The van der Waals surface area contributed by atoms with Gasteiger partial charge in [-0.25, -0.2) is 4.79 Å². The van der Waals surface area contributed by atoms with Crippen LogP contribution in [0.2, 0.25) is 20.1 Å². The zero-order chi connectivity index (χ0) is 27.5. The predicted octanol–water partition coefficient (Wildman–Crippen LogP) is 7.65. The number of aliphatic carboxylic acids is 1. The number of esters is 1. The first-order valence-electron chi connectivity index (χ1n) is 11.4. The highest BCUT2D eigenvalue weighted by Crippen LogP contribution is 2.47. The largest absolute Gasteiger partial charge is 0.480 e. The number of halogens is 4. The number of hydrogen-bond donors (Lipinski definition) is 1. The third-order valence-electron chi connectivity index (χ3n) is 6.05. The highest BCUT2D eigenvalue weighted by Gasteiger charge is 2.44. The van der Waals surface area contributed by atoms with Crippen molar-refractivity contribution in [3.8, 4) is 11.5 Å². The van der Waals surface area contributed by atoms with E-state index in [2.05, 4.69) is 0 Å². The van der Waals surface area contributed by atoms with Crippen LogP contribution in [-0.4, -0.2) is 35.0 Å². The highest BCUT2D eigenvalue weighted by atomic mass is 35.5. The van der Waals surface area contributed by atoms with Gasteiger partial charge in [-0.2, -0.15) is 0 Å². The predicted molar refractivity (Wildman–Crippen MR) is 142 cm³/mol.